The molecule has 3 unspecified atom stereocenters. The maximum absolute atomic E-state index is 5.50. The van der Waals surface area contributed by atoms with Crippen molar-refractivity contribution in [2.24, 2.45) is 5.92 Å². The van der Waals surface area contributed by atoms with E-state index >= 15 is 0 Å². The Kier molecular flexibility index (Phi) is 5.45. The fourth-order valence-corrected chi connectivity index (χ4v) is 2.26. The van der Waals surface area contributed by atoms with Gasteiger partial charge in [0.05, 0.1) is 12.2 Å². The summed E-state index contributed by atoms with van der Waals surface area (Å²) in [6.07, 6.45) is 5.22. The van der Waals surface area contributed by atoms with E-state index in [-0.39, 0.29) is 0 Å². The molecule has 3 nitrogen and oxygen atoms in total. The first kappa shape index (κ1) is 12.0. The van der Waals surface area contributed by atoms with Crippen LogP contribution < -0.4 is 0 Å². The fraction of sp³-hybridized carbons (Fsp3) is 1.00. The van der Waals surface area contributed by atoms with Crippen molar-refractivity contribution in [3.05, 3.63) is 0 Å². The van der Waals surface area contributed by atoms with E-state index < -0.39 is 0 Å². The summed E-state index contributed by atoms with van der Waals surface area (Å²) in [6.45, 7) is 0.835. The zero-order chi connectivity index (χ0) is 10.4. The second-order valence-corrected chi connectivity index (χ2v) is 3.99. The lowest BCUT2D eigenvalue weighted by Crippen LogP contribution is -2.35. The molecule has 0 saturated heterocycles. The van der Waals surface area contributed by atoms with Gasteiger partial charge in [-0.15, -0.1) is 0 Å². The predicted molar refractivity (Wildman–Crippen MR) is 55.4 cm³/mol. The van der Waals surface area contributed by atoms with Crippen LogP contribution in [0.15, 0.2) is 0 Å². The van der Waals surface area contributed by atoms with Crippen molar-refractivity contribution in [1.29, 1.82) is 0 Å². The Morgan fingerprint density at radius 2 is 1.86 bits per heavy atom. The Labute approximate surface area is 86.7 Å². The summed E-state index contributed by atoms with van der Waals surface area (Å²) in [6, 6.07) is 0. The molecule has 0 radical (unpaired) electrons. The van der Waals surface area contributed by atoms with E-state index in [1.54, 1.807) is 21.3 Å². The van der Waals surface area contributed by atoms with Crippen molar-refractivity contribution in [2.45, 2.75) is 37.9 Å². The summed E-state index contributed by atoms with van der Waals surface area (Å²) < 4.78 is 16.0. The molecule has 3 atom stereocenters. The summed E-state index contributed by atoms with van der Waals surface area (Å²) in [5.41, 5.74) is 0. The highest BCUT2D eigenvalue weighted by molar-refractivity contribution is 4.81. The van der Waals surface area contributed by atoms with E-state index in [1.165, 1.54) is 6.42 Å². The quantitative estimate of drug-likeness (QED) is 0.681. The van der Waals surface area contributed by atoms with Gasteiger partial charge in [-0.3, -0.25) is 0 Å². The Morgan fingerprint density at radius 1 is 1.07 bits per heavy atom. The third-order valence-corrected chi connectivity index (χ3v) is 3.21. The molecule has 1 aliphatic carbocycles. The van der Waals surface area contributed by atoms with Gasteiger partial charge in [0.1, 0.15) is 0 Å². The molecule has 0 amide bonds. The first-order valence-corrected chi connectivity index (χ1v) is 5.36. The van der Waals surface area contributed by atoms with Crippen LogP contribution in [-0.2, 0) is 14.2 Å². The monoisotopic (exact) mass is 202 g/mol. The van der Waals surface area contributed by atoms with Gasteiger partial charge in [0.15, 0.2) is 0 Å². The zero-order valence-electron chi connectivity index (χ0n) is 9.49. The van der Waals surface area contributed by atoms with Crippen LogP contribution in [0, 0.1) is 5.92 Å². The molecule has 0 aliphatic heterocycles. The molecule has 14 heavy (non-hydrogen) atoms. The van der Waals surface area contributed by atoms with Gasteiger partial charge in [-0.2, -0.15) is 0 Å². The highest BCUT2D eigenvalue weighted by Gasteiger charge is 2.30. The van der Waals surface area contributed by atoms with E-state index in [9.17, 15) is 0 Å². The molecule has 0 heterocycles. The van der Waals surface area contributed by atoms with Crippen LogP contribution in [0.1, 0.15) is 25.7 Å². The van der Waals surface area contributed by atoms with E-state index in [4.69, 9.17) is 14.2 Å². The van der Waals surface area contributed by atoms with E-state index in [0.29, 0.717) is 18.1 Å². The van der Waals surface area contributed by atoms with Crippen molar-refractivity contribution in [3.63, 3.8) is 0 Å². The molecule has 84 valence electrons. The first-order chi connectivity index (χ1) is 6.81. The molecule has 0 aromatic rings. The lowest BCUT2D eigenvalue weighted by atomic mass is 9.83. The predicted octanol–water partition coefficient (Wildman–Crippen LogP) is 1.85. The van der Waals surface area contributed by atoms with E-state index in [2.05, 4.69) is 0 Å². The standard InChI is InChI=1S/C11H22O3/c1-12-7-6-9-4-5-10(13-2)8-11(9)14-3/h9-11H,4-8H2,1-3H3. The van der Waals surface area contributed by atoms with Crippen molar-refractivity contribution >= 4 is 0 Å². The van der Waals surface area contributed by atoms with Crippen molar-refractivity contribution in [3.8, 4) is 0 Å². The van der Waals surface area contributed by atoms with Gasteiger partial charge in [-0.05, 0) is 31.6 Å². The number of hydrogen-bond donors (Lipinski definition) is 0. The lowest BCUT2D eigenvalue weighted by Gasteiger charge is -2.34. The molecule has 1 fully saturated rings. The molecule has 0 aromatic carbocycles. The summed E-state index contributed by atoms with van der Waals surface area (Å²) in [5, 5.41) is 0. The molecule has 0 N–H and O–H groups in total. The molecule has 0 aromatic heterocycles. The molecular formula is C11H22O3. The van der Waals surface area contributed by atoms with Gasteiger partial charge < -0.3 is 14.2 Å². The normalized spacial score (nSPS) is 33.2. The largest absolute Gasteiger partial charge is 0.385 e. The van der Waals surface area contributed by atoms with Crippen molar-refractivity contribution in [1.82, 2.24) is 0 Å². The number of hydrogen-bond acceptors (Lipinski definition) is 3. The molecule has 1 saturated carbocycles. The van der Waals surface area contributed by atoms with Crippen molar-refractivity contribution < 1.29 is 14.2 Å². The second-order valence-electron chi connectivity index (χ2n) is 3.99. The van der Waals surface area contributed by atoms with Crippen LogP contribution in [0.4, 0.5) is 0 Å². The average molecular weight is 202 g/mol. The maximum atomic E-state index is 5.50. The third kappa shape index (κ3) is 3.23. The first-order valence-electron chi connectivity index (χ1n) is 5.36. The Balaban J connectivity index is 2.35. The zero-order valence-corrected chi connectivity index (χ0v) is 9.49. The van der Waals surface area contributed by atoms with Crippen LogP contribution in [0.2, 0.25) is 0 Å². The molecule has 3 heteroatoms. The third-order valence-electron chi connectivity index (χ3n) is 3.21. The van der Waals surface area contributed by atoms with Crippen LogP contribution >= 0.6 is 0 Å². The average Bonchev–Trinajstić information content (AvgIpc) is 2.26. The number of rotatable bonds is 5. The van der Waals surface area contributed by atoms with Gasteiger partial charge in [0.25, 0.3) is 0 Å². The molecule has 0 bridgehead atoms. The smallest absolute Gasteiger partial charge is 0.0625 e. The minimum atomic E-state index is 0.351. The number of ether oxygens (including phenoxy) is 3. The van der Waals surface area contributed by atoms with Gasteiger partial charge in [0.2, 0.25) is 0 Å². The number of methoxy groups -OCH3 is 3. The van der Waals surface area contributed by atoms with Crippen LogP contribution in [0.5, 0.6) is 0 Å². The molecule has 1 aliphatic rings. The fourth-order valence-electron chi connectivity index (χ4n) is 2.26. The van der Waals surface area contributed by atoms with Crippen LogP contribution in [0.25, 0.3) is 0 Å². The van der Waals surface area contributed by atoms with Crippen LogP contribution in [-0.4, -0.2) is 40.1 Å². The minimum Gasteiger partial charge on any atom is -0.385 e. The summed E-state index contributed by atoms with van der Waals surface area (Å²) >= 11 is 0. The van der Waals surface area contributed by atoms with Crippen LogP contribution in [0.3, 0.4) is 0 Å². The van der Waals surface area contributed by atoms with Gasteiger partial charge in [0, 0.05) is 27.9 Å². The summed E-state index contributed by atoms with van der Waals surface area (Å²) in [4.78, 5) is 0. The van der Waals surface area contributed by atoms with Crippen molar-refractivity contribution in [2.75, 3.05) is 27.9 Å². The van der Waals surface area contributed by atoms with E-state index in [0.717, 1.165) is 25.9 Å². The minimum absolute atomic E-state index is 0.351. The summed E-state index contributed by atoms with van der Waals surface area (Å²) in [5.74, 6) is 0.645. The van der Waals surface area contributed by atoms with Gasteiger partial charge >= 0.3 is 0 Å². The topological polar surface area (TPSA) is 27.7 Å². The second kappa shape index (κ2) is 6.38. The Morgan fingerprint density at radius 3 is 2.43 bits per heavy atom. The lowest BCUT2D eigenvalue weighted by molar-refractivity contribution is -0.0475. The van der Waals surface area contributed by atoms with Gasteiger partial charge in [-0.25, -0.2) is 0 Å². The maximum Gasteiger partial charge on any atom is 0.0625 e. The van der Waals surface area contributed by atoms with E-state index in [1.807, 2.05) is 0 Å². The highest BCUT2D eigenvalue weighted by atomic mass is 16.5. The SMILES string of the molecule is COCCC1CCC(OC)CC1OC. The summed E-state index contributed by atoms with van der Waals surface area (Å²) in [7, 11) is 5.33. The molecular weight excluding hydrogens is 180 g/mol. The molecule has 1 rings (SSSR count). The highest BCUT2D eigenvalue weighted by Crippen LogP contribution is 2.30. The van der Waals surface area contributed by atoms with Gasteiger partial charge in [-0.1, -0.05) is 0 Å². The molecule has 0 spiro atoms. The Hall–Kier alpha value is -0.120. The Bertz CT molecular complexity index is 149.